The summed E-state index contributed by atoms with van der Waals surface area (Å²) < 4.78 is 0. The molecule has 1 radical (unpaired) electrons. The smallest absolute Gasteiger partial charge is 0.00992 e. The van der Waals surface area contributed by atoms with Crippen molar-refractivity contribution in [1.29, 1.82) is 0 Å². The maximum absolute atomic E-state index is 3.29. The van der Waals surface area contributed by atoms with Crippen LogP contribution in [0.1, 0.15) is 0 Å². The van der Waals surface area contributed by atoms with Crippen LogP contribution < -0.4 is 0 Å². The Balaban J connectivity index is 1.99. The summed E-state index contributed by atoms with van der Waals surface area (Å²) in [4.78, 5) is 0. The molecule has 0 fully saturated rings. The highest BCUT2D eigenvalue weighted by atomic mass is 14.1. The third-order valence-corrected chi connectivity index (χ3v) is 3.77. The number of benzene rings is 4. The molecule has 0 atom stereocenters. The van der Waals surface area contributed by atoms with Crippen LogP contribution in [0.3, 0.4) is 0 Å². The Labute approximate surface area is 118 Å². The zero-order chi connectivity index (χ0) is 13.4. The highest BCUT2D eigenvalue weighted by Crippen LogP contribution is 2.29. The lowest BCUT2D eigenvalue weighted by Crippen LogP contribution is -1.81. The lowest BCUT2D eigenvalue weighted by Gasteiger charge is -2.07. The van der Waals surface area contributed by atoms with Crippen molar-refractivity contribution in [3.05, 3.63) is 84.9 Å². The SMILES string of the molecule is [c]1ccccc1-c1ccc2c(ccc3ccccc32)c1. The molecule has 20 heavy (non-hydrogen) atoms. The second-order valence-corrected chi connectivity index (χ2v) is 5.00. The molecule has 0 aliphatic carbocycles. The molecule has 0 unspecified atom stereocenters. The summed E-state index contributed by atoms with van der Waals surface area (Å²) in [6, 6.07) is 31.0. The van der Waals surface area contributed by atoms with E-state index in [2.05, 4.69) is 72.8 Å². The molecule has 0 spiro atoms. The van der Waals surface area contributed by atoms with Crippen LogP contribution in [0.25, 0.3) is 32.7 Å². The highest BCUT2D eigenvalue weighted by molar-refractivity contribution is 6.08. The topological polar surface area (TPSA) is 0 Å². The van der Waals surface area contributed by atoms with Gasteiger partial charge in [0.2, 0.25) is 0 Å². The molecule has 0 aromatic heterocycles. The van der Waals surface area contributed by atoms with E-state index in [1.807, 2.05) is 12.1 Å². The Kier molecular flexibility index (Phi) is 2.53. The first-order valence-electron chi connectivity index (χ1n) is 6.80. The van der Waals surface area contributed by atoms with Crippen LogP contribution >= 0.6 is 0 Å². The average Bonchev–Trinajstić information content (AvgIpc) is 2.55. The largest absolute Gasteiger partial charge is 0.0616 e. The van der Waals surface area contributed by atoms with Gasteiger partial charge < -0.3 is 0 Å². The van der Waals surface area contributed by atoms with Crippen LogP contribution in [-0.4, -0.2) is 0 Å². The summed E-state index contributed by atoms with van der Waals surface area (Å²) in [6.45, 7) is 0. The van der Waals surface area contributed by atoms with Crippen molar-refractivity contribution in [2.24, 2.45) is 0 Å². The van der Waals surface area contributed by atoms with Crippen molar-refractivity contribution in [1.82, 2.24) is 0 Å². The first-order valence-corrected chi connectivity index (χ1v) is 6.80. The zero-order valence-corrected chi connectivity index (χ0v) is 11.0. The molecule has 93 valence electrons. The normalized spacial score (nSPS) is 11.0. The monoisotopic (exact) mass is 253 g/mol. The van der Waals surface area contributed by atoms with Gasteiger partial charge in [-0.25, -0.2) is 0 Å². The van der Waals surface area contributed by atoms with Crippen LogP contribution in [0.2, 0.25) is 0 Å². The fourth-order valence-electron chi connectivity index (χ4n) is 2.75. The maximum Gasteiger partial charge on any atom is -0.00992 e. The Bertz CT molecular complexity index is 889. The van der Waals surface area contributed by atoms with Gasteiger partial charge in [-0.05, 0) is 44.8 Å². The summed E-state index contributed by atoms with van der Waals surface area (Å²) in [5.74, 6) is 0. The molecular weight excluding hydrogens is 240 g/mol. The standard InChI is InChI=1S/C20H13/c1-2-6-15(7-3-1)17-12-13-20-18(14-17)11-10-16-8-4-5-9-19(16)20/h1-6,8-14H. The second kappa shape index (κ2) is 4.50. The van der Waals surface area contributed by atoms with E-state index in [1.54, 1.807) is 0 Å². The first-order chi connectivity index (χ1) is 9.92. The molecule has 4 aromatic rings. The maximum atomic E-state index is 3.29. The summed E-state index contributed by atoms with van der Waals surface area (Å²) in [5.41, 5.74) is 2.36. The molecule has 0 aliphatic rings. The van der Waals surface area contributed by atoms with Crippen LogP contribution in [0.15, 0.2) is 78.9 Å². The van der Waals surface area contributed by atoms with Gasteiger partial charge in [0.1, 0.15) is 0 Å². The van der Waals surface area contributed by atoms with Gasteiger partial charge in [-0.15, -0.1) is 0 Å². The highest BCUT2D eigenvalue weighted by Gasteiger charge is 2.02. The fraction of sp³-hybridized carbons (Fsp3) is 0. The van der Waals surface area contributed by atoms with Crippen molar-refractivity contribution in [2.45, 2.75) is 0 Å². The van der Waals surface area contributed by atoms with Crippen molar-refractivity contribution < 1.29 is 0 Å². The van der Waals surface area contributed by atoms with Crippen LogP contribution in [0.4, 0.5) is 0 Å². The van der Waals surface area contributed by atoms with Gasteiger partial charge in [-0.2, -0.15) is 0 Å². The molecular formula is C20H13. The van der Waals surface area contributed by atoms with Crippen molar-refractivity contribution in [3.8, 4) is 11.1 Å². The van der Waals surface area contributed by atoms with E-state index < -0.39 is 0 Å². The number of hydrogen-bond donors (Lipinski definition) is 0. The Morgan fingerprint density at radius 2 is 1.40 bits per heavy atom. The van der Waals surface area contributed by atoms with Crippen molar-refractivity contribution >= 4 is 21.5 Å². The van der Waals surface area contributed by atoms with Gasteiger partial charge in [0.05, 0.1) is 0 Å². The second-order valence-electron chi connectivity index (χ2n) is 5.00. The molecule has 0 aliphatic heterocycles. The summed E-state index contributed by atoms with van der Waals surface area (Å²) >= 11 is 0. The summed E-state index contributed by atoms with van der Waals surface area (Å²) in [7, 11) is 0. The zero-order valence-electron chi connectivity index (χ0n) is 11.0. The van der Waals surface area contributed by atoms with Crippen LogP contribution in [0, 0.1) is 6.07 Å². The summed E-state index contributed by atoms with van der Waals surface area (Å²) in [5, 5.41) is 5.19. The predicted molar refractivity (Wildman–Crippen MR) is 85.7 cm³/mol. The fourth-order valence-corrected chi connectivity index (χ4v) is 2.75. The van der Waals surface area contributed by atoms with Gasteiger partial charge in [0.25, 0.3) is 0 Å². The van der Waals surface area contributed by atoms with E-state index in [-0.39, 0.29) is 0 Å². The molecule has 4 rings (SSSR count). The minimum atomic E-state index is 1.14. The molecule has 0 N–H and O–H groups in total. The summed E-state index contributed by atoms with van der Waals surface area (Å²) in [6.07, 6.45) is 0. The van der Waals surface area contributed by atoms with Gasteiger partial charge in [0, 0.05) is 0 Å². The quantitative estimate of drug-likeness (QED) is 0.395. The number of fused-ring (bicyclic) bond motifs is 3. The third kappa shape index (κ3) is 1.78. The number of rotatable bonds is 1. The minimum Gasteiger partial charge on any atom is -0.0616 e. The lowest BCUT2D eigenvalue weighted by atomic mass is 9.97. The molecule has 0 nitrogen and oxygen atoms in total. The molecule has 0 heterocycles. The predicted octanol–water partition coefficient (Wildman–Crippen LogP) is 5.46. The molecule has 4 aromatic carbocycles. The average molecular weight is 253 g/mol. The van der Waals surface area contributed by atoms with Gasteiger partial charge in [-0.1, -0.05) is 72.8 Å². The van der Waals surface area contributed by atoms with E-state index in [4.69, 9.17) is 0 Å². The molecule has 0 amide bonds. The van der Waals surface area contributed by atoms with E-state index in [0.29, 0.717) is 0 Å². The van der Waals surface area contributed by atoms with Crippen LogP contribution in [0.5, 0.6) is 0 Å². The molecule has 0 heteroatoms. The first kappa shape index (κ1) is 11.2. The Hall–Kier alpha value is -2.60. The van der Waals surface area contributed by atoms with E-state index in [0.717, 1.165) is 5.56 Å². The van der Waals surface area contributed by atoms with E-state index in [9.17, 15) is 0 Å². The van der Waals surface area contributed by atoms with Crippen LogP contribution in [-0.2, 0) is 0 Å². The van der Waals surface area contributed by atoms with Gasteiger partial charge in [0.15, 0.2) is 0 Å². The molecule has 0 saturated heterocycles. The molecule has 0 saturated carbocycles. The minimum absolute atomic E-state index is 1.14. The van der Waals surface area contributed by atoms with Crippen molar-refractivity contribution in [3.63, 3.8) is 0 Å². The van der Waals surface area contributed by atoms with E-state index >= 15 is 0 Å². The van der Waals surface area contributed by atoms with Gasteiger partial charge in [-0.3, -0.25) is 0 Å². The van der Waals surface area contributed by atoms with Crippen molar-refractivity contribution in [2.75, 3.05) is 0 Å². The van der Waals surface area contributed by atoms with E-state index in [1.165, 1.54) is 27.1 Å². The third-order valence-electron chi connectivity index (χ3n) is 3.77. The Morgan fingerprint density at radius 1 is 0.600 bits per heavy atom. The number of hydrogen-bond acceptors (Lipinski definition) is 0. The van der Waals surface area contributed by atoms with Gasteiger partial charge >= 0.3 is 0 Å². The molecule has 0 bridgehead atoms. The Morgan fingerprint density at radius 3 is 2.30 bits per heavy atom. The lowest BCUT2D eigenvalue weighted by molar-refractivity contribution is 1.64.